The molecule has 5 rings (SSSR count). The van der Waals surface area contributed by atoms with Crippen LogP contribution in [0.2, 0.25) is 0 Å². The van der Waals surface area contributed by atoms with Crippen molar-refractivity contribution >= 4 is 22.4 Å². The molecule has 0 aromatic heterocycles. The number of para-hydroxylation sites is 1. The monoisotopic (exact) mass is 446 g/mol. The Morgan fingerprint density at radius 1 is 1.00 bits per heavy atom. The van der Waals surface area contributed by atoms with Crippen LogP contribution in [0.5, 0.6) is 0 Å². The Morgan fingerprint density at radius 2 is 1.76 bits per heavy atom. The Morgan fingerprint density at radius 3 is 2.52 bits per heavy atom. The first-order valence-electron chi connectivity index (χ1n) is 11.7. The van der Waals surface area contributed by atoms with Crippen LogP contribution in [0, 0.1) is 6.92 Å². The molecule has 2 N–H and O–H groups in total. The summed E-state index contributed by atoms with van der Waals surface area (Å²) in [6, 6.07) is 13.8. The van der Waals surface area contributed by atoms with Gasteiger partial charge in [0.05, 0.1) is 6.61 Å². The van der Waals surface area contributed by atoms with Gasteiger partial charge in [-0.15, -0.1) is 0 Å². The first kappa shape index (κ1) is 21.9. The van der Waals surface area contributed by atoms with Gasteiger partial charge in [-0.05, 0) is 48.4 Å². The van der Waals surface area contributed by atoms with E-state index in [1.807, 2.05) is 30.0 Å². The molecule has 3 aromatic rings. The fraction of sp³-hybridized carbons (Fsp3) is 0.370. The zero-order valence-electron chi connectivity index (χ0n) is 19.3. The number of nitrogens with zero attached hydrogens (tertiary/aromatic N) is 2. The van der Waals surface area contributed by atoms with Gasteiger partial charge in [0.15, 0.2) is 12.5 Å². The van der Waals surface area contributed by atoms with E-state index in [4.69, 9.17) is 4.74 Å². The first-order chi connectivity index (χ1) is 16.0. The lowest BCUT2D eigenvalue weighted by atomic mass is 9.85. The molecule has 0 saturated heterocycles. The van der Waals surface area contributed by atoms with E-state index in [0.717, 1.165) is 39.6 Å². The topological polar surface area (TPSA) is 73.2 Å². The number of ether oxygens (including phenoxy) is 1. The summed E-state index contributed by atoms with van der Waals surface area (Å²) in [6.07, 6.45) is -0.997. The number of hydrogen-bond acceptors (Lipinski definition) is 5. The first-order valence-corrected chi connectivity index (χ1v) is 11.7. The van der Waals surface area contributed by atoms with Gasteiger partial charge in [0.25, 0.3) is 5.91 Å². The van der Waals surface area contributed by atoms with Crippen molar-refractivity contribution in [1.82, 2.24) is 4.90 Å². The Hall–Kier alpha value is -2.93. The Balaban J connectivity index is 1.62. The van der Waals surface area contributed by atoms with Crippen LogP contribution in [0.3, 0.4) is 0 Å². The van der Waals surface area contributed by atoms with Gasteiger partial charge in [0.1, 0.15) is 0 Å². The smallest absolute Gasteiger partial charge is 0.256 e. The van der Waals surface area contributed by atoms with Crippen molar-refractivity contribution < 1.29 is 19.7 Å². The van der Waals surface area contributed by atoms with Gasteiger partial charge in [-0.25, -0.2) is 0 Å². The largest absolute Gasteiger partial charge is 0.380 e. The van der Waals surface area contributed by atoms with E-state index in [0.29, 0.717) is 37.4 Å². The van der Waals surface area contributed by atoms with E-state index in [1.165, 1.54) is 10.5 Å². The van der Waals surface area contributed by atoms with Gasteiger partial charge in [0, 0.05) is 47.5 Å². The van der Waals surface area contributed by atoms with Crippen molar-refractivity contribution in [3.8, 4) is 0 Å². The van der Waals surface area contributed by atoms with E-state index in [-0.39, 0.29) is 5.91 Å². The Labute approximate surface area is 194 Å². The fourth-order valence-corrected chi connectivity index (χ4v) is 5.38. The third kappa shape index (κ3) is 3.32. The second-order valence-electron chi connectivity index (χ2n) is 8.77. The third-order valence-electron chi connectivity index (χ3n) is 6.96. The van der Waals surface area contributed by atoms with Gasteiger partial charge in [-0.1, -0.05) is 43.3 Å². The van der Waals surface area contributed by atoms with Gasteiger partial charge in [0.2, 0.25) is 0 Å². The molecule has 6 nitrogen and oxygen atoms in total. The molecule has 3 aromatic carbocycles. The Bertz CT molecular complexity index is 1240. The van der Waals surface area contributed by atoms with E-state index in [9.17, 15) is 15.0 Å². The highest BCUT2D eigenvalue weighted by Gasteiger charge is 2.37. The summed E-state index contributed by atoms with van der Waals surface area (Å²) in [6.45, 7) is 7.89. The minimum Gasteiger partial charge on any atom is -0.380 e. The van der Waals surface area contributed by atoms with Crippen LogP contribution in [0.15, 0.2) is 42.5 Å². The average Bonchev–Trinajstić information content (AvgIpc) is 2.82. The normalized spacial score (nSPS) is 19.5. The molecule has 2 aliphatic heterocycles. The molecule has 33 heavy (non-hydrogen) atoms. The molecule has 1 amide bonds. The molecule has 2 aliphatic rings. The van der Waals surface area contributed by atoms with Crippen molar-refractivity contribution in [2.24, 2.45) is 0 Å². The van der Waals surface area contributed by atoms with Crippen molar-refractivity contribution in [2.75, 3.05) is 24.7 Å². The molecule has 0 fully saturated rings. The summed E-state index contributed by atoms with van der Waals surface area (Å²) in [5.41, 5.74) is 6.46. The van der Waals surface area contributed by atoms with Crippen LogP contribution in [0.4, 0.5) is 5.69 Å². The average molecular weight is 447 g/mol. The molecule has 2 atom stereocenters. The summed E-state index contributed by atoms with van der Waals surface area (Å²) < 4.78 is 5.41. The van der Waals surface area contributed by atoms with Crippen LogP contribution in [-0.4, -0.2) is 40.8 Å². The molecule has 0 bridgehead atoms. The second kappa shape index (κ2) is 8.45. The summed E-state index contributed by atoms with van der Waals surface area (Å²) in [4.78, 5) is 16.8. The maximum absolute atomic E-state index is 13.3. The van der Waals surface area contributed by atoms with Gasteiger partial charge < -0.3 is 24.7 Å². The predicted octanol–water partition coefficient (Wildman–Crippen LogP) is 4.20. The minimum atomic E-state index is -1.03. The van der Waals surface area contributed by atoms with Crippen LogP contribution in [-0.2, 0) is 17.7 Å². The van der Waals surface area contributed by atoms with Gasteiger partial charge in [-0.2, -0.15) is 0 Å². The molecule has 2 unspecified atom stereocenters. The van der Waals surface area contributed by atoms with Crippen molar-refractivity contribution in [3.63, 3.8) is 0 Å². The molecule has 0 saturated carbocycles. The lowest BCUT2D eigenvalue weighted by Gasteiger charge is -2.40. The van der Waals surface area contributed by atoms with Gasteiger partial charge >= 0.3 is 0 Å². The number of benzene rings is 3. The molecule has 0 aliphatic carbocycles. The van der Waals surface area contributed by atoms with Crippen LogP contribution in [0.25, 0.3) is 10.8 Å². The van der Waals surface area contributed by atoms with E-state index >= 15 is 0 Å². The molecule has 0 spiro atoms. The summed E-state index contributed by atoms with van der Waals surface area (Å²) in [7, 11) is 0. The molecule has 2 heterocycles. The maximum Gasteiger partial charge on any atom is 0.256 e. The highest BCUT2D eigenvalue weighted by molar-refractivity contribution is 6.12. The minimum absolute atomic E-state index is 0.206. The number of aliphatic hydroxyl groups is 2. The van der Waals surface area contributed by atoms with Crippen molar-refractivity contribution in [1.29, 1.82) is 0 Å². The number of hydrogen-bond donors (Lipinski definition) is 2. The molecule has 0 radical (unpaired) electrons. The Kier molecular flexibility index (Phi) is 5.60. The lowest BCUT2D eigenvalue weighted by molar-refractivity contribution is -0.00783. The van der Waals surface area contributed by atoms with Gasteiger partial charge in [-0.3, -0.25) is 4.79 Å². The molecule has 6 heteroatoms. The number of rotatable bonds is 6. The number of aliphatic hydroxyl groups excluding tert-OH is 2. The zero-order chi connectivity index (χ0) is 23.3. The molecular weight excluding hydrogens is 416 g/mol. The standard InChI is InChI=1S/C27H30N2O4/c1-4-17-8-6-7-16(3)24(17)29-15-18-9-10-20-23-21(12-11-19(22(18)23)27(29)32)26(31)28(25(20)30)13-14-33-5-2/h6-12,25,27,30,32H,4-5,13-15H2,1-3H3. The van der Waals surface area contributed by atoms with E-state index in [2.05, 4.69) is 32.0 Å². The quantitative estimate of drug-likeness (QED) is 0.555. The van der Waals surface area contributed by atoms with Crippen molar-refractivity contribution in [2.45, 2.75) is 46.2 Å². The number of anilines is 1. The van der Waals surface area contributed by atoms with E-state index in [1.54, 1.807) is 6.07 Å². The number of amides is 1. The number of carbonyl (C=O) groups is 1. The number of aryl methyl sites for hydroxylation is 2. The van der Waals surface area contributed by atoms with Crippen LogP contribution in [0.1, 0.15) is 64.5 Å². The molecular formula is C27H30N2O4. The summed E-state index contributed by atoms with van der Waals surface area (Å²) in [5.74, 6) is -0.206. The highest BCUT2D eigenvalue weighted by Crippen LogP contribution is 2.45. The second-order valence-corrected chi connectivity index (χ2v) is 8.77. The predicted molar refractivity (Wildman–Crippen MR) is 128 cm³/mol. The lowest BCUT2D eigenvalue weighted by Crippen LogP contribution is -2.41. The number of carbonyl (C=O) groups excluding carboxylic acids is 1. The van der Waals surface area contributed by atoms with Crippen LogP contribution < -0.4 is 4.90 Å². The molecule has 172 valence electrons. The fourth-order valence-electron chi connectivity index (χ4n) is 5.38. The highest BCUT2D eigenvalue weighted by atomic mass is 16.5. The van der Waals surface area contributed by atoms with Crippen LogP contribution >= 0.6 is 0 Å². The summed E-state index contributed by atoms with van der Waals surface area (Å²) >= 11 is 0. The van der Waals surface area contributed by atoms with E-state index < -0.39 is 12.5 Å². The third-order valence-corrected chi connectivity index (χ3v) is 6.96. The maximum atomic E-state index is 13.3. The van der Waals surface area contributed by atoms with Crippen molar-refractivity contribution in [3.05, 3.63) is 75.8 Å². The zero-order valence-corrected chi connectivity index (χ0v) is 19.3. The summed E-state index contributed by atoms with van der Waals surface area (Å²) in [5, 5.41) is 24.2. The SMILES string of the molecule is CCOCCN1C(=O)c2ccc3c4c(ccc(c24)C1O)CN(c1c(C)cccc1CC)C3O.